The van der Waals surface area contributed by atoms with E-state index in [4.69, 9.17) is 0 Å². The predicted octanol–water partition coefficient (Wildman–Crippen LogP) is 3.45. The maximum Gasteiger partial charge on any atom is 0.157 e. The molecule has 1 N–H and O–H groups in total. The van der Waals surface area contributed by atoms with E-state index >= 15 is 0 Å². The summed E-state index contributed by atoms with van der Waals surface area (Å²) in [5.41, 5.74) is 5.10. The minimum atomic E-state index is 0.686. The van der Waals surface area contributed by atoms with Crippen LogP contribution in [0.2, 0.25) is 0 Å². The first-order valence-corrected chi connectivity index (χ1v) is 8.28. The Kier molecular flexibility index (Phi) is 3.72. The van der Waals surface area contributed by atoms with E-state index in [-0.39, 0.29) is 0 Å². The van der Waals surface area contributed by atoms with Gasteiger partial charge in [0.1, 0.15) is 11.6 Å². The zero-order valence-corrected chi connectivity index (χ0v) is 14.6. The fraction of sp³-hybridized carbons (Fsp3) is 0.211. The lowest BCUT2D eigenvalue weighted by Gasteiger charge is -2.14. The van der Waals surface area contributed by atoms with Crippen LogP contribution < -0.4 is 5.32 Å². The molecule has 6 heteroatoms. The van der Waals surface area contributed by atoms with Gasteiger partial charge in [0.2, 0.25) is 0 Å². The van der Waals surface area contributed by atoms with Gasteiger partial charge in [0.15, 0.2) is 5.65 Å². The van der Waals surface area contributed by atoms with Crippen molar-refractivity contribution in [1.29, 1.82) is 0 Å². The number of aryl methyl sites for hydroxylation is 3. The van der Waals surface area contributed by atoms with Crippen LogP contribution >= 0.6 is 0 Å². The highest BCUT2D eigenvalue weighted by Gasteiger charge is 2.09. The van der Waals surface area contributed by atoms with Gasteiger partial charge in [-0.3, -0.25) is 0 Å². The summed E-state index contributed by atoms with van der Waals surface area (Å²) in [5.74, 6) is 1.91. The maximum absolute atomic E-state index is 4.53. The molecule has 0 saturated carbocycles. The van der Waals surface area contributed by atoms with Crippen LogP contribution in [0.25, 0.3) is 11.3 Å². The Hall–Kier alpha value is -3.15. The number of rotatable bonds is 4. The zero-order chi connectivity index (χ0) is 17.4. The third-order valence-electron chi connectivity index (χ3n) is 4.21. The first kappa shape index (κ1) is 15.4. The van der Waals surface area contributed by atoms with E-state index in [0.717, 1.165) is 34.4 Å². The van der Waals surface area contributed by atoms with E-state index < -0.39 is 0 Å². The van der Waals surface area contributed by atoms with Crippen molar-refractivity contribution in [3.05, 3.63) is 71.6 Å². The van der Waals surface area contributed by atoms with Crippen LogP contribution in [-0.4, -0.2) is 24.1 Å². The fourth-order valence-electron chi connectivity index (χ4n) is 3.05. The minimum absolute atomic E-state index is 0.686. The number of hydrogen-bond donors (Lipinski definition) is 1. The van der Waals surface area contributed by atoms with E-state index in [9.17, 15) is 0 Å². The van der Waals surface area contributed by atoms with Crippen LogP contribution in [0.15, 0.2) is 48.8 Å². The van der Waals surface area contributed by atoms with Crippen molar-refractivity contribution in [2.24, 2.45) is 0 Å². The van der Waals surface area contributed by atoms with Gasteiger partial charge < -0.3 is 9.88 Å². The van der Waals surface area contributed by atoms with Crippen LogP contribution in [0.3, 0.4) is 0 Å². The molecule has 126 valence electrons. The Bertz CT molecular complexity index is 1040. The van der Waals surface area contributed by atoms with E-state index in [1.807, 2.05) is 55.9 Å². The largest absolute Gasteiger partial charge is 0.366 e. The number of anilines is 1. The summed E-state index contributed by atoms with van der Waals surface area (Å²) >= 11 is 0. The summed E-state index contributed by atoms with van der Waals surface area (Å²) in [4.78, 5) is 8.86. The SMILES string of the molecule is Cc1cc(NCc2ccccc2-n2ccnc2C)n2nc(C)cc2n1. The maximum atomic E-state index is 4.53. The van der Waals surface area contributed by atoms with Gasteiger partial charge in [-0.2, -0.15) is 9.61 Å². The van der Waals surface area contributed by atoms with E-state index in [1.54, 1.807) is 0 Å². The topological polar surface area (TPSA) is 60.0 Å². The monoisotopic (exact) mass is 332 g/mol. The van der Waals surface area contributed by atoms with Gasteiger partial charge in [0.05, 0.1) is 11.4 Å². The lowest BCUT2D eigenvalue weighted by molar-refractivity contribution is 0.894. The van der Waals surface area contributed by atoms with Gasteiger partial charge in [-0.15, -0.1) is 0 Å². The Morgan fingerprint density at radius 2 is 1.88 bits per heavy atom. The third kappa shape index (κ3) is 2.87. The zero-order valence-electron chi connectivity index (χ0n) is 14.6. The lowest BCUT2D eigenvalue weighted by atomic mass is 10.1. The van der Waals surface area contributed by atoms with Gasteiger partial charge >= 0.3 is 0 Å². The molecule has 0 radical (unpaired) electrons. The Morgan fingerprint density at radius 3 is 2.68 bits per heavy atom. The summed E-state index contributed by atoms with van der Waals surface area (Å²) in [6, 6.07) is 12.3. The number of aromatic nitrogens is 5. The van der Waals surface area contributed by atoms with Crippen molar-refractivity contribution in [2.75, 3.05) is 5.32 Å². The van der Waals surface area contributed by atoms with Crippen molar-refractivity contribution >= 4 is 11.5 Å². The molecule has 0 bridgehead atoms. The average molecular weight is 332 g/mol. The molecule has 4 aromatic rings. The molecule has 0 spiro atoms. The highest BCUT2D eigenvalue weighted by Crippen LogP contribution is 2.19. The van der Waals surface area contributed by atoms with Crippen LogP contribution in [0, 0.1) is 20.8 Å². The molecule has 3 heterocycles. The molecule has 0 fully saturated rings. The first-order valence-electron chi connectivity index (χ1n) is 8.28. The quantitative estimate of drug-likeness (QED) is 0.622. The van der Waals surface area contributed by atoms with Crippen LogP contribution in [-0.2, 0) is 6.54 Å². The third-order valence-corrected chi connectivity index (χ3v) is 4.21. The summed E-state index contributed by atoms with van der Waals surface area (Å²) in [5, 5.41) is 8.04. The number of nitrogens with zero attached hydrogens (tertiary/aromatic N) is 5. The number of nitrogens with one attached hydrogen (secondary N) is 1. The molecular formula is C19H20N6. The minimum Gasteiger partial charge on any atom is -0.366 e. The molecule has 0 saturated heterocycles. The molecular weight excluding hydrogens is 312 g/mol. The van der Waals surface area contributed by atoms with Crippen LogP contribution in [0.4, 0.5) is 5.82 Å². The molecule has 0 unspecified atom stereocenters. The number of fused-ring (bicyclic) bond motifs is 1. The first-order chi connectivity index (χ1) is 12.1. The van der Waals surface area contributed by atoms with Crippen molar-refractivity contribution in [3.8, 4) is 5.69 Å². The van der Waals surface area contributed by atoms with E-state index in [0.29, 0.717) is 6.54 Å². The highest BCUT2D eigenvalue weighted by atomic mass is 15.3. The van der Waals surface area contributed by atoms with Crippen LogP contribution in [0.1, 0.15) is 22.8 Å². The molecule has 3 aromatic heterocycles. The van der Waals surface area contributed by atoms with Gasteiger partial charge in [-0.05, 0) is 32.4 Å². The normalized spacial score (nSPS) is 11.2. The smallest absolute Gasteiger partial charge is 0.157 e. The Balaban J connectivity index is 1.68. The second-order valence-corrected chi connectivity index (χ2v) is 6.17. The van der Waals surface area contributed by atoms with E-state index in [2.05, 4.69) is 43.1 Å². The summed E-state index contributed by atoms with van der Waals surface area (Å²) in [7, 11) is 0. The average Bonchev–Trinajstić information content (AvgIpc) is 3.17. The number of hydrogen-bond acceptors (Lipinski definition) is 4. The van der Waals surface area contributed by atoms with Crippen LogP contribution in [0.5, 0.6) is 0 Å². The molecule has 6 nitrogen and oxygen atoms in total. The highest BCUT2D eigenvalue weighted by molar-refractivity contribution is 5.51. The second-order valence-electron chi connectivity index (χ2n) is 6.17. The molecule has 1 aromatic carbocycles. The standard InChI is InChI=1S/C19H20N6/c1-13-10-18(25-19(22-13)11-14(2)23-25)21-12-16-6-4-5-7-17(16)24-9-8-20-15(24)3/h4-11,21H,12H2,1-3H3. The fourth-order valence-corrected chi connectivity index (χ4v) is 3.05. The molecule has 25 heavy (non-hydrogen) atoms. The number of para-hydroxylation sites is 1. The van der Waals surface area contributed by atoms with Gasteiger partial charge in [-0.1, -0.05) is 18.2 Å². The molecule has 0 aliphatic heterocycles. The molecule has 4 rings (SSSR count). The number of imidazole rings is 1. The summed E-state index contributed by atoms with van der Waals surface area (Å²) < 4.78 is 3.95. The lowest BCUT2D eigenvalue weighted by Crippen LogP contribution is -2.09. The van der Waals surface area contributed by atoms with Crippen molar-refractivity contribution in [1.82, 2.24) is 24.1 Å². The molecule has 0 aliphatic carbocycles. The van der Waals surface area contributed by atoms with Gasteiger partial charge in [0, 0.05) is 36.8 Å². The van der Waals surface area contributed by atoms with Crippen molar-refractivity contribution < 1.29 is 0 Å². The van der Waals surface area contributed by atoms with Gasteiger partial charge in [0.25, 0.3) is 0 Å². The summed E-state index contributed by atoms with van der Waals surface area (Å²) in [6.07, 6.45) is 3.81. The summed E-state index contributed by atoms with van der Waals surface area (Å²) in [6.45, 7) is 6.67. The van der Waals surface area contributed by atoms with Gasteiger partial charge in [-0.25, -0.2) is 9.97 Å². The molecule has 0 aliphatic rings. The predicted molar refractivity (Wildman–Crippen MR) is 98.1 cm³/mol. The van der Waals surface area contributed by atoms with Crippen molar-refractivity contribution in [2.45, 2.75) is 27.3 Å². The molecule has 0 atom stereocenters. The Morgan fingerprint density at radius 1 is 1.04 bits per heavy atom. The van der Waals surface area contributed by atoms with E-state index in [1.165, 1.54) is 5.56 Å². The molecule has 0 amide bonds. The van der Waals surface area contributed by atoms with Crippen molar-refractivity contribution in [3.63, 3.8) is 0 Å². The number of benzene rings is 1. The Labute approximate surface area is 146 Å². The second kappa shape index (κ2) is 6.05.